The molecule has 0 aliphatic rings. The minimum Gasteiger partial charge on any atom is -0.325 e. The molecule has 0 aromatic carbocycles. The van der Waals surface area contributed by atoms with Crippen molar-refractivity contribution in [2.75, 3.05) is 19.4 Å². The van der Waals surface area contributed by atoms with Crippen molar-refractivity contribution in [3.05, 3.63) is 27.2 Å². The molecule has 0 fully saturated rings. The quantitative estimate of drug-likeness (QED) is 0.424. The Morgan fingerprint density at radius 2 is 1.74 bits per heavy atom. The Kier molecular flexibility index (Phi) is 7.59. The Balaban J connectivity index is 2.19. The van der Waals surface area contributed by atoms with Crippen LogP contribution in [0.3, 0.4) is 0 Å². The molecule has 10 heteroatoms. The van der Waals surface area contributed by atoms with Crippen molar-refractivity contribution < 1.29 is 13.6 Å². The van der Waals surface area contributed by atoms with E-state index in [1.165, 1.54) is 9.13 Å². The molecule has 0 saturated carbocycles. The van der Waals surface area contributed by atoms with Gasteiger partial charge in [0.2, 0.25) is 0 Å². The average Bonchev–Trinajstić information content (AvgIpc) is 3.04. The highest BCUT2D eigenvalue weighted by molar-refractivity contribution is 7.53. The van der Waals surface area contributed by atoms with Gasteiger partial charge in [0, 0.05) is 20.1 Å². The molecule has 0 N–H and O–H groups in total. The molecule has 0 unspecified atom stereocenters. The van der Waals surface area contributed by atoms with E-state index in [1.54, 1.807) is 31.8 Å². The largest absolute Gasteiger partial charge is 0.332 e. The molecule has 0 aliphatic carbocycles. The molecule has 2 rings (SSSR count). The van der Waals surface area contributed by atoms with Crippen LogP contribution in [0.5, 0.6) is 0 Å². The van der Waals surface area contributed by atoms with Gasteiger partial charge in [0.25, 0.3) is 5.56 Å². The zero-order chi connectivity index (χ0) is 20.0. The molecule has 0 bridgehead atoms. The summed E-state index contributed by atoms with van der Waals surface area (Å²) >= 11 is 0. The van der Waals surface area contributed by atoms with E-state index < -0.39 is 13.3 Å². The molecule has 27 heavy (non-hydrogen) atoms. The van der Waals surface area contributed by atoms with Crippen LogP contribution in [0.15, 0.2) is 15.9 Å². The van der Waals surface area contributed by atoms with E-state index in [2.05, 4.69) is 4.98 Å². The molecule has 9 nitrogen and oxygen atoms in total. The lowest BCUT2D eigenvalue weighted by molar-refractivity contribution is 0.219. The van der Waals surface area contributed by atoms with E-state index in [0.717, 1.165) is 6.42 Å². The fourth-order valence-corrected chi connectivity index (χ4v) is 4.80. The molecule has 0 atom stereocenters. The summed E-state index contributed by atoms with van der Waals surface area (Å²) in [6.45, 7) is 7.09. The fourth-order valence-electron chi connectivity index (χ4n) is 3.06. The van der Waals surface area contributed by atoms with E-state index in [0.29, 0.717) is 43.8 Å². The van der Waals surface area contributed by atoms with Crippen molar-refractivity contribution in [2.45, 2.75) is 53.1 Å². The molecule has 2 aromatic rings. The van der Waals surface area contributed by atoms with Gasteiger partial charge in [0.1, 0.15) is 0 Å². The second-order valence-corrected chi connectivity index (χ2v) is 8.47. The number of hydrogen-bond donors (Lipinski definition) is 0. The maximum absolute atomic E-state index is 12.8. The molecular formula is C17H29N4O5P. The Morgan fingerprint density at radius 3 is 2.33 bits per heavy atom. The number of imidazole rings is 1. The predicted molar refractivity (Wildman–Crippen MR) is 104 cm³/mol. The van der Waals surface area contributed by atoms with Gasteiger partial charge in [-0.1, -0.05) is 6.92 Å². The predicted octanol–water partition coefficient (Wildman–Crippen LogP) is 2.35. The molecule has 0 aliphatic heterocycles. The highest BCUT2D eigenvalue weighted by Crippen LogP contribution is 2.48. The van der Waals surface area contributed by atoms with Crippen LogP contribution in [0.2, 0.25) is 0 Å². The van der Waals surface area contributed by atoms with Gasteiger partial charge in [0.15, 0.2) is 11.2 Å². The topological polar surface area (TPSA) is 97.4 Å². The Bertz CT molecular complexity index is 920. The number of aromatic nitrogens is 4. The molecular weight excluding hydrogens is 371 g/mol. The van der Waals surface area contributed by atoms with Gasteiger partial charge in [0.05, 0.1) is 25.7 Å². The van der Waals surface area contributed by atoms with Crippen LogP contribution in [0.4, 0.5) is 0 Å². The van der Waals surface area contributed by atoms with E-state index in [4.69, 9.17) is 9.05 Å². The maximum Gasteiger partial charge on any atom is 0.332 e. The van der Waals surface area contributed by atoms with Crippen LogP contribution >= 0.6 is 7.60 Å². The zero-order valence-electron chi connectivity index (χ0n) is 16.5. The Hall–Kier alpha value is -1.70. The minimum absolute atomic E-state index is 0.247. The lowest BCUT2D eigenvalue weighted by Gasteiger charge is -2.16. The summed E-state index contributed by atoms with van der Waals surface area (Å²) in [6.07, 6.45) is 3.77. The number of unbranched alkanes of at least 4 members (excludes halogenated alkanes) is 1. The molecule has 0 saturated heterocycles. The van der Waals surface area contributed by atoms with Crippen LogP contribution in [0, 0.1) is 0 Å². The second-order valence-electron chi connectivity index (χ2n) is 6.29. The summed E-state index contributed by atoms with van der Waals surface area (Å²) in [5, 5.41) is 0. The first-order valence-electron chi connectivity index (χ1n) is 9.41. The second kappa shape index (κ2) is 9.48. The first-order valence-corrected chi connectivity index (χ1v) is 11.1. The van der Waals surface area contributed by atoms with Gasteiger partial charge in [-0.05, 0) is 33.1 Å². The summed E-state index contributed by atoms with van der Waals surface area (Å²) in [5.41, 5.74) is 0.101. The normalized spacial score (nSPS) is 12.1. The van der Waals surface area contributed by atoms with E-state index in [1.807, 2.05) is 6.92 Å². The summed E-state index contributed by atoms with van der Waals surface area (Å²) in [6, 6.07) is 0. The molecule has 2 heterocycles. The molecule has 2 aromatic heterocycles. The summed E-state index contributed by atoms with van der Waals surface area (Å²) in [7, 11) is -1.49. The molecule has 152 valence electrons. The number of aryl methyl sites for hydroxylation is 2. The first kappa shape index (κ1) is 21.6. The van der Waals surface area contributed by atoms with E-state index in [9.17, 15) is 14.2 Å². The SMILES string of the molecule is CCCn1cnc2c1c(=O)n(CCCCP(=O)(OCC)OCC)c(=O)n2C. The summed E-state index contributed by atoms with van der Waals surface area (Å²) < 4.78 is 27.4. The van der Waals surface area contributed by atoms with Gasteiger partial charge in [-0.2, -0.15) is 0 Å². The highest BCUT2D eigenvalue weighted by Gasteiger charge is 2.23. The molecule has 0 radical (unpaired) electrons. The summed E-state index contributed by atoms with van der Waals surface area (Å²) in [5.74, 6) is 0. The minimum atomic E-state index is -3.10. The number of rotatable bonds is 11. The third kappa shape index (κ3) is 4.78. The van der Waals surface area contributed by atoms with Crippen LogP contribution in [-0.2, 0) is 33.7 Å². The van der Waals surface area contributed by atoms with Crippen LogP contribution in [-0.4, -0.2) is 38.1 Å². The Morgan fingerprint density at radius 1 is 1.07 bits per heavy atom. The highest BCUT2D eigenvalue weighted by atomic mass is 31.2. The van der Waals surface area contributed by atoms with Crippen LogP contribution in [0.1, 0.15) is 40.0 Å². The van der Waals surface area contributed by atoms with Crippen molar-refractivity contribution in [3.63, 3.8) is 0 Å². The van der Waals surface area contributed by atoms with Crippen molar-refractivity contribution in [2.24, 2.45) is 7.05 Å². The van der Waals surface area contributed by atoms with Crippen molar-refractivity contribution in [1.29, 1.82) is 0 Å². The third-order valence-corrected chi connectivity index (χ3v) is 6.45. The monoisotopic (exact) mass is 400 g/mol. The van der Waals surface area contributed by atoms with E-state index in [-0.39, 0.29) is 18.3 Å². The van der Waals surface area contributed by atoms with Gasteiger partial charge < -0.3 is 13.6 Å². The van der Waals surface area contributed by atoms with E-state index >= 15 is 0 Å². The summed E-state index contributed by atoms with van der Waals surface area (Å²) in [4.78, 5) is 29.6. The smallest absolute Gasteiger partial charge is 0.325 e. The number of hydrogen-bond acceptors (Lipinski definition) is 6. The van der Waals surface area contributed by atoms with Crippen molar-refractivity contribution >= 4 is 18.8 Å². The molecule has 0 amide bonds. The van der Waals surface area contributed by atoms with Crippen LogP contribution in [0.25, 0.3) is 11.2 Å². The maximum atomic E-state index is 12.8. The van der Waals surface area contributed by atoms with Gasteiger partial charge >= 0.3 is 13.3 Å². The number of nitrogens with zero attached hydrogens (tertiary/aromatic N) is 4. The average molecular weight is 400 g/mol. The Labute approximate surface area is 158 Å². The zero-order valence-corrected chi connectivity index (χ0v) is 17.4. The standard InChI is InChI=1S/C17H29N4O5P/c1-5-10-20-13-18-15-14(20)16(22)21(17(23)19(15)4)11-8-9-12-27(24,25-6-2)26-7-3/h13H,5-12H2,1-4H3. The first-order chi connectivity index (χ1) is 12.9. The lowest BCUT2D eigenvalue weighted by atomic mass is 10.3. The lowest BCUT2D eigenvalue weighted by Crippen LogP contribution is -2.39. The van der Waals surface area contributed by atoms with Crippen molar-refractivity contribution in [3.8, 4) is 0 Å². The van der Waals surface area contributed by atoms with Gasteiger partial charge in [-0.15, -0.1) is 0 Å². The van der Waals surface area contributed by atoms with Crippen molar-refractivity contribution in [1.82, 2.24) is 18.7 Å². The number of fused-ring (bicyclic) bond motifs is 1. The van der Waals surface area contributed by atoms with Gasteiger partial charge in [-0.25, -0.2) is 9.78 Å². The third-order valence-electron chi connectivity index (χ3n) is 4.28. The molecule has 0 spiro atoms. The van der Waals surface area contributed by atoms with Gasteiger partial charge in [-0.3, -0.25) is 18.5 Å². The fraction of sp³-hybridized carbons (Fsp3) is 0.706. The van der Waals surface area contributed by atoms with Crippen LogP contribution < -0.4 is 11.2 Å².